The van der Waals surface area contributed by atoms with Crippen LogP contribution in [0.25, 0.3) is 22.6 Å². The van der Waals surface area contributed by atoms with Crippen molar-refractivity contribution in [2.75, 3.05) is 43.5 Å². The lowest BCUT2D eigenvalue weighted by molar-refractivity contribution is -0.116. The van der Waals surface area contributed by atoms with Gasteiger partial charge in [0.15, 0.2) is 11.4 Å². The van der Waals surface area contributed by atoms with Gasteiger partial charge in [-0.25, -0.2) is 9.97 Å². The zero-order chi connectivity index (χ0) is 25.8. The molecule has 3 aromatic heterocycles. The van der Waals surface area contributed by atoms with E-state index in [0.717, 1.165) is 45.3 Å². The van der Waals surface area contributed by atoms with Crippen LogP contribution in [0.1, 0.15) is 23.4 Å². The number of halogens is 2. The molecule has 1 saturated heterocycles. The fraction of sp³-hybridized carbons (Fsp3) is 0.280. The minimum atomic E-state index is -0.847. The third-order valence-corrected chi connectivity index (χ3v) is 6.21. The van der Waals surface area contributed by atoms with E-state index in [9.17, 15) is 14.0 Å². The summed E-state index contributed by atoms with van der Waals surface area (Å²) in [6.45, 7) is 4.12. The molecule has 4 aromatic rings. The maximum atomic E-state index is 13.1. The van der Waals surface area contributed by atoms with Gasteiger partial charge in [-0.15, -0.1) is 0 Å². The van der Waals surface area contributed by atoms with Crippen molar-refractivity contribution in [2.24, 2.45) is 0 Å². The molecule has 37 heavy (non-hydrogen) atoms. The van der Waals surface area contributed by atoms with E-state index < -0.39 is 11.9 Å². The molecule has 0 radical (unpaired) electrons. The summed E-state index contributed by atoms with van der Waals surface area (Å²) < 4.78 is 23.1. The van der Waals surface area contributed by atoms with E-state index in [0.29, 0.717) is 45.4 Å². The quantitative estimate of drug-likeness (QED) is 0.312. The molecule has 1 aromatic carbocycles. The first-order valence-corrected chi connectivity index (χ1v) is 12.1. The van der Waals surface area contributed by atoms with Gasteiger partial charge in [-0.1, -0.05) is 11.6 Å². The molecule has 1 fully saturated rings. The molecule has 1 aliphatic rings. The minimum Gasteiger partial charge on any atom is -0.426 e. The fourth-order valence-electron chi connectivity index (χ4n) is 4.02. The van der Waals surface area contributed by atoms with Gasteiger partial charge in [0.1, 0.15) is 5.82 Å². The lowest BCUT2D eigenvalue weighted by Gasteiger charge is -2.26. The Kier molecular flexibility index (Phi) is 7.45. The first-order chi connectivity index (χ1) is 17.9. The van der Waals surface area contributed by atoms with E-state index in [4.69, 9.17) is 20.8 Å². The molecule has 192 valence electrons. The molecule has 4 heterocycles. The Labute approximate surface area is 216 Å². The van der Waals surface area contributed by atoms with Gasteiger partial charge in [0.25, 0.3) is 11.9 Å². The predicted molar refractivity (Wildman–Crippen MR) is 136 cm³/mol. The lowest BCUT2D eigenvalue weighted by atomic mass is 10.2. The number of aromatic nitrogens is 3. The van der Waals surface area contributed by atoms with E-state index in [1.54, 1.807) is 30.5 Å². The summed E-state index contributed by atoms with van der Waals surface area (Å²) in [5.74, 6) is -0.412. The van der Waals surface area contributed by atoms with Crippen molar-refractivity contribution in [2.45, 2.75) is 12.8 Å². The first kappa shape index (κ1) is 24.9. The van der Waals surface area contributed by atoms with E-state index >= 15 is 0 Å². The van der Waals surface area contributed by atoms with Crippen LogP contribution < -0.4 is 10.6 Å². The highest BCUT2D eigenvalue weighted by molar-refractivity contribution is 6.33. The van der Waals surface area contributed by atoms with Gasteiger partial charge in [-0.3, -0.25) is 14.5 Å². The molecule has 5 rings (SSSR count). The summed E-state index contributed by atoms with van der Waals surface area (Å²) in [5.41, 5.74) is 2.54. The number of anilines is 2. The van der Waals surface area contributed by atoms with Crippen LogP contribution in [0.15, 0.2) is 47.0 Å². The van der Waals surface area contributed by atoms with Gasteiger partial charge in [0.05, 0.1) is 35.6 Å². The predicted octanol–water partition coefficient (Wildman–Crippen LogP) is 4.31. The molecule has 0 aliphatic carbocycles. The summed E-state index contributed by atoms with van der Waals surface area (Å²) in [6, 6.07) is 8.06. The Morgan fingerprint density at radius 1 is 1.11 bits per heavy atom. The molecular formula is C25H24ClFN6O4. The van der Waals surface area contributed by atoms with Gasteiger partial charge in [-0.05, 0) is 43.3 Å². The summed E-state index contributed by atoms with van der Waals surface area (Å²) >= 11 is 6.39. The number of nitrogens with zero attached hydrogens (tertiary/aromatic N) is 3. The second kappa shape index (κ2) is 11.1. The average Bonchev–Trinajstić information content (AvgIpc) is 3.52. The first-order valence-electron chi connectivity index (χ1n) is 11.8. The van der Waals surface area contributed by atoms with Crippen LogP contribution in [0.4, 0.5) is 15.8 Å². The summed E-state index contributed by atoms with van der Waals surface area (Å²) in [5, 5.41) is 5.92. The summed E-state index contributed by atoms with van der Waals surface area (Å²) in [7, 11) is 0. The normalized spacial score (nSPS) is 14.1. The number of imidazole rings is 1. The van der Waals surface area contributed by atoms with Crippen LogP contribution in [-0.4, -0.2) is 64.5 Å². The molecule has 0 spiro atoms. The number of ether oxygens (including phenoxy) is 1. The average molecular weight is 527 g/mol. The highest BCUT2D eigenvalue weighted by atomic mass is 35.5. The van der Waals surface area contributed by atoms with Crippen molar-refractivity contribution >= 4 is 46.0 Å². The Morgan fingerprint density at radius 2 is 1.95 bits per heavy atom. The number of benzene rings is 1. The zero-order valence-corrected chi connectivity index (χ0v) is 20.5. The second-order valence-corrected chi connectivity index (χ2v) is 8.95. The van der Waals surface area contributed by atoms with Crippen LogP contribution in [0.3, 0.4) is 0 Å². The Bertz CT molecular complexity index is 1430. The fourth-order valence-corrected chi connectivity index (χ4v) is 4.23. The summed E-state index contributed by atoms with van der Waals surface area (Å²) in [6.07, 6.45) is 2.71. The van der Waals surface area contributed by atoms with Crippen molar-refractivity contribution < 1.29 is 23.1 Å². The highest BCUT2D eigenvalue weighted by Crippen LogP contribution is 2.30. The lowest BCUT2D eigenvalue weighted by Crippen LogP contribution is -2.37. The number of fused-ring (bicyclic) bond motifs is 1. The summed E-state index contributed by atoms with van der Waals surface area (Å²) in [4.78, 5) is 39.0. The number of aromatic amines is 1. The van der Waals surface area contributed by atoms with Gasteiger partial charge in [0, 0.05) is 36.8 Å². The smallest absolute Gasteiger partial charge is 0.291 e. The van der Waals surface area contributed by atoms with E-state index in [1.807, 2.05) is 0 Å². The molecule has 3 N–H and O–H groups in total. The molecule has 0 saturated carbocycles. The van der Waals surface area contributed by atoms with Gasteiger partial charge >= 0.3 is 0 Å². The number of amides is 2. The second-order valence-electron chi connectivity index (χ2n) is 8.54. The Balaban J connectivity index is 1.25. The van der Waals surface area contributed by atoms with Crippen molar-refractivity contribution in [3.05, 3.63) is 59.4 Å². The van der Waals surface area contributed by atoms with E-state index in [1.165, 1.54) is 6.07 Å². The molecule has 1 aliphatic heterocycles. The largest absolute Gasteiger partial charge is 0.426 e. The molecular weight excluding hydrogens is 503 g/mol. The number of morpholine rings is 1. The Morgan fingerprint density at radius 3 is 2.73 bits per heavy atom. The monoisotopic (exact) mass is 526 g/mol. The van der Waals surface area contributed by atoms with Crippen LogP contribution in [-0.2, 0) is 9.53 Å². The third-order valence-electron chi connectivity index (χ3n) is 5.88. The third kappa shape index (κ3) is 6.13. The van der Waals surface area contributed by atoms with Crippen molar-refractivity contribution in [3.63, 3.8) is 0 Å². The van der Waals surface area contributed by atoms with Crippen molar-refractivity contribution in [3.8, 4) is 11.4 Å². The zero-order valence-electron chi connectivity index (χ0n) is 19.7. The topological polar surface area (TPSA) is 125 Å². The highest BCUT2D eigenvalue weighted by Gasteiger charge is 2.16. The number of H-pyrrole nitrogens is 1. The van der Waals surface area contributed by atoms with Gasteiger partial charge in [-0.2, -0.15) is 4.39 Å². The van der Waals surface area contributed by atoms with Crippen molar-refractivity contribution in [1.29, 1.82) is 0 Å². The number of nitrogens with one attached hydrogen (secondary N) is 3. The number of furan rings is 1. The Hall–Kier alpha value is -3.80. The van der Waals surface area contributed by atoms with E-state index in [-0.39, 0.29) is 11.7 Å². The molecule has 12 heteroatoms. The SMILES string of the molecule is O=C(CCCN1CCOCC1)Nc1cnc2nc(-c3cc(NC(=O)c4ccc(F)o4)ccc3Cl)[nH]c2c1. The maximum absolute atomic E-state index is 13.1. The number of rotatable bonds is 8. The van der Waals surface area contributed by atoms with E-state index in [2.05, 4.69) is 30.5 Å². The number of carbonyl (C=O) groups excluding carboxylic acids is 2. The van der Waals surface area contributed by atoms with Crippen molar-refractivity contribution in [1.82, 2.24) is 19.9 Å². The van der Waals surface area contributed by atoms with Crippen LogP contribution in [0, 0.1) is 6.01 Å². The maximum Gasteiger partial charge on any atom is 0.291 e. The molecule has 0 unspecified atom stereocenters. The van der Waals surface area contributed by atoms with Crippen LogP contribution in [0.5, 0.6) is 0 Å². The van der Waals surface area contributed by atoms with Gasteiger partial charge < -0.3 is 24.8 Å². The molecule has 0 atom stereocenters. The number of carbonyl (C=O) groups is 2. The number of hydrogen-bond donors (Lipinski definition) is 3. The number of pyridine rings is 1. The van der Waals surface area contributed by atoms with Gasteiger partial charge in [0.2, 0.25) is 5.91 Å². The number of hydrogen-bond acceptors (Lipinski definition) is 7. The van der Waals surface area contributed by atoms with Crippen LogP contribution >= 0.6 is 11.6 Å². The molecule has 2 amide bonds. The molecule has 0 bridgehead atoms. The minimum absolute atomic E-state index is 0.0860. The standard InChI is InChI=1S/C25H24ClFN6O4/c26-18-4-3-15(30-25(35)20-5-6-21(27)37-20)12-17(18)23-31-19-13-16(14-28-24(19)32-23)29-22(34)2-1-7-33-8-10-36-11-9-33/h3-6,12-14H,1-2,7-11H2,(H,29,34)(H,30,35)(H,28,31,32). The van der Waals surface area contributed by atoms with Crippen LogP contribution in [0.2, 0.25) is 5.02 Å². The molecule has 10 nitrogen and oxygen atoms in total.